The third-order valence-corrected chi connectivity index (χ3v) is 2.90. The summed E-state index contributed by atoms with van der Waals surface area (Å²) in [6, 6.07) is 2.03. The summed E-state index contributed by atoms with van der Waals surface area (Å²) in [6.07, 6.45) is 0.315. The van der Waals surface area contributed by atoms with Crippen LogP contribution in [0.1, 0.15) is 17.7 Å². The van der Waals surface area contributed by atoms with E-state index in [9.17, 15) is 4.79 Å². The number of nitriles is 1. The van der Waals surface area contributed by atoms with Gasteiger partial charge in [-0.15, -0.1) is 0 Å². The molecule has 1 aliphatic rings. The third kappa shape index (κ3) is 1.99. The SMILES string of the molecule is Cc1[nH]nc(N2CC(CN=[N+]=[N-])CC2=O)c1C#N. The molecule has 1 saturated heterocycles. The minimum Gasteiger partial charge on any atom is -0.294 e. The van der Waals surface area contributed by atoms with Crippen molar-refractivity contribution >= 4 is 11.7 Å². The van der Waals surface area contributed by atoms with Crippen LogP contribution in [0.4, 0.5) is 5.82 Å². The molecule has 1 fully saturated rings. The molecule has 18 heavy (non-hydrogen) atoms. The summed E-state index contributed by atoms with van der Waals surface area (Å²) >= 11 is 0. The highest BCUT2D eigenvalue weighted by atomic mass is 16.2. The van der Waals surface area contributed by atoms with Crippen LogP contribution in [0.25, 0.3) is 10.4 Å². The molecule has 0 radical (unpaired) electrons. The molecular weight excluding hydrogens is 234 g/mol. The van der Waals surface area contributed by atoms with Crippen LogP contribution in [-0.2, 0) is 4.79 Å². The zero-order valence-corrected chi connectivity index (χ0v) is 9.79. The van der Waals surface area contributed by atoms with E-state index in [0.29, 0.717) is 30.0 Å². The number of nitrogens with one attached hydrogen (secondary N) is 1. The van der Waals surface area contributed by atoms with E-state index in [1.165, 1.54) is 4.90 Å². The third-order valence-electron chi connectivity index (χ3n) is 2.90. The molecule has 1 aromatic heterocycles. The summed E-state index contributed by atoms with van der Waals surface area (Å²) < 4.78 is 0. The maximum Gasteiger partial charge on any atom is 0.228 e. The number of H-pyrrole nitrogens is 1. The highest BCUT2D eigenvalue weighted by molar-refractivity contribution is 5.96. The Balaban J connectivity index is 2.22. The van der Waals surface area contributed by atoms with Crippen molar-refractivity contribution < 1.29 is 4.79 Å². The number of amides is 1. The van der Waals surface area contributed by atoms with E-state index in [1.807, 2.05) is 6.07 Å². The molecule has 0 aromatic carbocycles. The molecule has 1 aromatic rings. The minimum absolute atomic E-state index is 0.0167. The monoisotopic (exact) mass is 245 g/mol. The first-order valence-corrected chi connectivity index (χ1v) is 5.43. The lowest BCUT2D eigenvalue weighted by Gasteiger charge is -2.13. The van der Waals surface area contributed by atoms with Crippen LogP contribution in [0, 0.1) is 24.2 Å². The van der Waals surface area contributed by atoms with Gasteiger partial charge in [0.2, 0.25) is 5.91 Å². The fourth-order valence-electron chi connectivity index (χ4n) is 2.01. The summed E-state index contributed by atoms with van der Waals surface area (Å²) in [6.45, 7) is 2.44. The molecule has 0 saturated carbocycles. The van der Waals surface area contributed by atoms with Crippen LogP contribution in [0.2, 0.25) is 0 Å². The molecule has 2 heterocycles. The highest BCUT2D eigenvalue weighted by Gasteiger charge is 2.33. The number of carbonyl (C=O) groups is 1. The average Bonchev–Trinajstić information content (AvgIpc) is 2.89. The first-order valence-electron chi connectivity index (χ1n) is 5.43. The zero-order valence-electron chi connectivity index (χ0n) is 9.79. The predicted octanol–water partition coefficient (Wildman–Crippen LogP) is 1.25. The molecule has 0 bridgehead atoms. The van der Waals surface area contributed by atoms with Gasteiger partial charge in [-0.05, 0) is 18.4 Å². The van der Waals surface area contributed by atoms with E-state index in [0.717, 1.165) is 0 Å². The average molecular weight is 245 g/mol. The number of aromatic nitrogens is 2. The summed E-state index contributed by atoms with van der Waals surface area (Å²) in [5, 5.41) is 19.2. The van der Waals surface area contributed by atoms with Crippen molar-refractivity contribution in [3.63, 3.8) is 0 Å². The smallest absolute Gasteiger partial charge is 0.228 e. The topological polar surface area (TPSA) is 122 Å². The minimum atomic E-state index is -0.101. The van der Waals surface area contributed by atoms with Crippen molar-refractivity contribution in [3.8, 4) is 6.07 Å². The highest BCUT2D eigenvalue weighted by Crippen LogP contribution is 2.27. The number of nitrogens with zero attached hydrogens (tertiary/aromatic N) is 6. The molecule has 1 N–H and O–H groups in total. The van der Waals surface area contributed by atoms with Crippen LogP contribution >= 0.6 is 0 Å². The Morgan fingerprint density at radius 3 is 3.22 bits per heavy atom. The second-order valence-electron chi connectivity index (χ2n) is 4.15. The Morgan fingerprint density at radius 1 is 1.78 bits per heavy atom. The van der Waals surface area contributed by atoms with Gasteiger partial charge >= 0.3 is 0 Å². The first-order chi connectivity index (χ1) is 8.67. The van der Waals surface area contributed by atoms with Gasteiger partial charge in [0.05, 0.1) is 5.69 Å². The van der Waals surface area contributed by atoms with Gasteiger partial charge in [-0.2, -0.15) is 10.4 Å². The van der Waals surface area contributed by atoms with Crippen molar-refractivity contribution in [2.45, 2.75) is 13.3 Å². The molecule has 1 unspecified atom stereocenters. The number of carbonyl (C=O) groups excluding carboxylic acids is 1. The van der Waals surface area contributed by atoms with Gasteiger partial charge < -0.3 is 0 Å². The Bertz CT molecular complexity index is 563. The fraction of sp³-hybridized carbons (Fsp3) is 0.500. The predicted molar refractivity (Wildman–Crippen MR) is 62.5 cm³/mol. The number of aromatic amines is 1. The number of rotatable bonds is 3. The fourth-order valence-corrected chi connectivity index (χ4v) is 2.01. The van der Waals surface area contributed by atoms with Crippen molar-refractivity contribution in [2.75, 3.05) is 18.0 Å². The summed E-state index contributed by atoms with van der Waals surface area (Å²) in [5.41, 5.74) is 9.28. The van der Waals surface area contributed by atoms with E-state index in [2.05, 4.69) is 20.2 Å². The molecule has 8 heteroatoms. The maximum atomic E-state index is 11.9. The van der Waals surface area contributed by atoms with Crippen molar-refractivity contribution in [3.05, 3.63) is 21.7 Å². The number of hydrogen-bond acceptors (Lipinski definition) is 4. The molecule has 0 aliphatic carbocycles. The maximum absolute atomic E-state index is 11.9. The van der Waals surface area contributed by atoms with Crippen LogP contribution in [-0.4, -0.2) is 29.2 Å². The molecule has 1 aliphatic heterocycles. The Morgan fingerprint density at radius 2 is 2.56 bits per heavy atom. The number of aryl methyl sites for hydroxylation is 1. The molecule has 2 rings (SSSR count). The van der Waals surface area contributed by atoms with Gasteiger partial charge in [0.25, 0.3) is 0 Å². The van der Waals surface area contributed by atoms with E-state index in [4.69, 9.17) is 10.8 Å². The van der Waals surface area contributed by atoms with Crippen molar-refractivity contribution in [1.82, 2.24) is 10.2 Å². The molecule has 8 nitrogen and oxygen atoms in total. The first kappa shape index (κ1) is 12.0. The lowest BCUT2D eigenvalue weighted by molar-refractivity contribution is -0.117. The number of azide groups is 1. The molecule has 1 atom stereocenters. The van der Waals surface area contributed by atoms with E-state index in [-0.39, 0.29) is 18.4 Å². The zero-order chi connectivity index (χ0) is 13.1. The normalized spacial score (nSPS) is 18.6. The van der Waals surface area contributed by atoms with Gasteiger partial charge in [0.15, 0.2) is 5.82 Å². The number of anilines is 1. The second kappa shape index (κ2) is 4.77. The van der Waals surface area contributed by atoms with E-state index >= 15 is 0 Å². The summed E-state index contributed by atoms with van der Waals surface area (Å²) in [4.78, 5) is 16.0. The lowest BCUT2D eigenvalue weighted by Crippen LogP contribution is -2.26. The standard InChI is InChI=1S/C10H11N7O/c1-6-8(3-11)10(15-14-6)17-5-7(2-9(17)18)4-13-16-12/h7H,2,4-5H2,1H3,(H,14,15). The van der Waals surface area contributed by atoms with Gasteiger partial charge in [0, 0.05) is 24.4 Å². The summed E-state index contributed by atoms with van der Waals surface area (Å²) in [5.74, 6) is 0.247. The van der Waals surface area contributed by atoms with Crippen molar-refractivity contribution in [1.29, 1.82) is 5.26 Å². The second-order valence-corrected chi connectivity index (χ2v) is 4.15. The van der Waals surface area contributed by atoms with Gasteiger partial charge in [0.1, 0.15) is 11.6 Å². The van der Waals surface area contributed by atoms with Gasteiger partial charge in [-0.1, -0.05) is 5.11 Å². The van der Waals surface area contributed by atoms with Crippen LogP contribution in [0.5, 0.6) is 0 Å². The molecule has 0 spiro atoms. The Kier molecular flexibility index (Phi) is 3.17. The molecule has 92 valence electrons. The Labute approximate surface area is 103 Å². The van der Waals surface area contributed by atoms with Crippen LogP contribution in [0.3, 0.4) is 0 Å². The molecule has 1 amide bonds. The van der Waals surface area contributed by atoms with Crippen LogP contribution < -0.4 is 4.90 Å². The quantitative estimate of drug-likeness (QED) is 0.489. The van der Waals surface area contributed by atoms with E-state index < -0.39 is 0 Å². The van der Waals surface area contributed by atoms with E-state index in [1.54, 1.807) is 6.92 Å². The van der Waals surface area contributed by atoms with Crippen molar-refractivity contribution in [2.24, 2.45) is 11.0 Å². The largest absolute Gasteiger partial charge is 0.294 e. The van der Waals surface area contributed by atoms with Gasteiger partial charge in [-0.25, -0.2) is 0 Å². The lowest BCUT2D eigenvalue weighted by atomic mass is 10.1. The summed E-state index contributed by atoms with van der Waals surface area (Å²) in [7, 11) is 0. The Hall–Kier alpha value is -2.52. The van der Waals surface area contributed by atoms with Gasteiger partial charge in [-0.3, -0.25) is 14.8 Å². The van der Waals surface area contributed by atoms with Crippen LogP contribution in [0.15, 0.2) is 5.11 Å². The molecular formula is C10H11N7O. The number of hydrogen-bond donors (Lipinski definition) is 1.